The Hall–Kier alpha value is -3.90. The Labute approximate surface area is 181 Å². The number of carbonyl (C=O) groups is 2. The van der Waals surface area contributed by atoms with Crippen LogP contribution >= 0.6 is 0 Å². The Morgan fingerprint density at radius 1 is 0.968 bits per heavy atom. The van der Waals surface area contributed by atoms with E-state index in [4.69, 9.17) is 0 Å². The van der Waals surface area contributed by atoms with Crippen molar-refractivity contribution >= 4 is 23.1 Å². The molecule has 2 aromatic rings. The number of fused-ring (bicyclic) bond motifs is 1. The summed E-state index contributed by atoms with van der Waals surface area (Å²) in [6.07, 6.45) is 0.729. The molecule has 1 aliphatic heterocycles. The average molecular weight is 410 g/mol. The lowest BCUT2D eigenvalue weighted by Gasteiger charge is -2.39. The molecule has 2 N–H and O–H groups in total. The van der Waals surface area contributed by atoms with E-state index >= 15 is 0 Å². The number of hydrogen-bond donors (Lipinski definition) is 2. The second-order valence-corrected chi connectivity index (χ2v) is 8.78. The highest BCUT2D eigenvalue weighted by Crippen LogP contribution is 2.52. The Balaban J connectivity index is 2.04. The molecule has 1 amide bonds. The van der Waals surface area contributed by atoms with Crippen molar-refractivity contribution in [3.05, 3.63) is 71.4 Å². The first kappa shape index (κ1) is 20.4. The Bertz CT molecular complexity index is 1170. The second kappa shape index (κ2) is 7.41. The van der Waals surface area contributed by atoms with Gasteiger partial charge in [-0.15, -0.1) is 0 Å². The summed E-state index contributed by atoms with van der Waals surface area (Å²) in [4.78, 5) is 27.1. The number of nitrogens with zero attached hydrogens (tertiary/aromatic N) is 2. The predicted molar refractivity (Wildman–Crippen MR) is 117 cm³/mol. The molecule has 1 heterocycles. The predicted octanol–water partition coefficient (Wildman–Crippen LogP) is 4.30. The van der Waals surface area contributed by atoms with Gasteiger partial charge in [0.05, 0.1) is 12.1 Å². The fraction of sp³-hybridized carbons (Fsp3) is 0.280. The van der Waals surface area contributed by atoms with Crippen LogP contribution in [0.25, 0.3) is 0 Å². The molecule has 6 nitrogen and oxygen atoms in total. The number of benzene rings is 2. The quantitative estimate of drug-likeness (QED) is 0.782. The molecule has 6 heteroatoms. The largest absolute Gasteiger partial charge is 0.359 e. The van der Waals surface area contributed by atoms with Crippen LogP contribution in [0.15, 0.2) is 65.9 Å². The van der Waals surface area contributed by atoms with Crippen LogP contribution < -0.4 is 10.6 Å². The Morgan fingerprint density at radius 3 is 2.29 bits per heavy atom. The summed E-state index contributed by atoms with van der Waals surface area (Å²) < 4.78 is 0. The highest BCUT2D eigenvalue weighted by molar-refractivity contribution is 6.17. The van der Waals surface area contributed by atoms with E-state index < -0.39 is 17.2 Å². The van der Waals surface area contributed by atoms with Crippen molar-refractivity contribution < 1.29 is 9.59 Å². The van der Waals surface area contributed by atoms with Gasteiger partial charge in [0.15, 0.2) is 11.7 Å². The Morgan fingerprint density at radius 2 is 1.61 bits per heavy atom. The van der Waals surface area contributed by atoms with E-state index in [1.165, 1.54) is 0 Å². The molecule has 0 radical (unpaired) electrons. The van der Waals surface area contributed by atoms with Gasteiger partial charge in [0.25, 0.3) is 0 Å². The fourth-order valence-electron chi connectivity index (χ4n) is 4.76. The number of Topliss-reactive ketones (excluding diaryl/α,β-unsaturated/α-hetero) is 1. The van der Waals surface area contributed by atoms with Gasteiger partial charge >= 0.3 is 0 Å². The molecule has 31 heavy (non-hydrogen) atoms. The molecule has 0 spiro atoms. The van der Waals surface area contributed by atoms with E-state index in [-0.39, 0.29) is 23.2 Å². The number of anilines is 2. The SMILES string of the molecule is CC1(C)CC(=O)C(C2(C(C#N)C#N)C(=O)Nc3ccccc32)=C(Nc2ccccc2)C1. The number of para-hydroxylation sites is 2. The van der Waals surface area contributed by atoms with Crippen LogP contribution in [-0.2, 0) is 15.0 Å². The lowest BCUT2D eigenvalue weighted by Crippen LogP contribution is -2.48. The van der Waals surface area contributed by atoms with Crippen LogP contribution in [-0.4, -0.2) is 11.7 Å². The highest BCUT2D eigenvalue weighted by Gasteiger charge is 2.59. The number of rotatable bonds is 4. The van der Waals surface area contributed by atoms with Gasteiger partial charge in [0.1, 0.15) is 5.41 Å². The zero-order chi connectivity index (χ0) is 22.2. The topological polar surface area (TPSA) is 106 Å². The van der Waals surface area contributed by atoms with Crippen molar-refractivity contribution in [1.29, 1.82) is 10.5 Å². The molecule has 2 aromatic carbocycles. The first-order valence-electron chi connectivity index (χ1n) is 10.1. The number of nitriles is 2. The van der Waals surface area contributed by atoms with Gasteiger partial charge in [-0.25, -0.2) is 0 Å². The monoisotopic (exact) mass is 410 g/mol. The molecule has 0 fully saturated rings. The maximum absolute atomic E-state index is 13.6. The molecule has 0 aromatic heterocycles. The first-order valence-corrected chi connectivity index (χ1v) is 10.1. The van der Waals surface area contributed by atoms with Crippen molar-refractivity contribution in [2.75, 3.05) is 10.6 Å². The molecule has 1 aliphatic carbocycles. The third kappa shape index (κ3) is 3.17. The third-order valence-electron chi connectivity index (χ3n) is 5.99. The van der Waals surface area contributed by atoms with E-state index in [9.17, 15) is 20.1 Å². The third-order valence-corrected chi connectivity index (χ3v) is 5.99. The molecular formula is C25H22N4O2. The van der Waals surface area contributed by atoms with E-state index in [1.54, 1.807) is 24.3 Å². The Kier molecular flexibility index (Phi) is 4.87. The van der Waals surface area contributed by atoms with E-state index in [0.717, 1.165) is 5.69 Å². The fourth-order valence-corrected chi connectivity index (χ4v) is 4.76. The van der Waals surface area contributed by atoms with Gasteiger partial charge < -0.3 is 10.6 Å². The molecule has 1 atom stereocenters. The average Bonchev–Trinajstić information content (AvgIpc) is 3.01. The van der Waals surface area contributed by atoms with Gasteiger partial charge in [-0.05, 0) is 35.6 Å². The van der Waals surface area contributed by atoms with Gasteiger partial charge in [0, 0.05) is 29.1 Å². The maximum Gasteiger partial charge on any atom is 0.242 e. The molecule has 0 saturated carbocycles. The minimum Gasteiger partial charge on any atom is -0.359 e. The summed E-state index contributed by atoms with van der Waals surface area (Å²) in [5, 5.41) is 25.9. The molecular weight excluding hydrogens is 388 g/mol. The van der Waals surface area contributed by atoms with Crippen LogP contribution in [0.5, 0.6) is 0 Å². The zero-order valence-corrected chi connectivity index (χ0v) is 17.4. The summed E-state index contributed by atoms with van der Waals surface area (Å²) in [6.45, 7) is 3.99. The lowest BCUT2D eigenvalue weighted by atomic mass is 9.60. The zero-order valence-electron chi connectivity index (χ0n) is 17.4. The van der Waals surface area contributed by atoms with Crippen LogP contribution in [0.3, 0.4) is 0 Å². The smallest absolute Gasteiger partial charge is 0.242 e. The van der Waals surface area contributed by atoms with Crippen molar-refractivity contribution in [3.63, 3.8) is 0 Å². The molecule has 0 saturated heterocycles. The van der Waals surface area contributed by atoms with Crippen LogP contribution in [0.4, 0.5) is 11.4 Å². The van der Waals surface area contributed by atoms with E-state index in [1.807, 2.05) is 56.3 Å². The highest BCUT2D eigenvalue weighted by atomic mass is 16.2. The van der Waals surface area contributed by atoms with E-state index in [2.05, 4.69) is 10.6 Å². The minimum atomic E-state index is -1.69. The second-order valence-electron chi connectivity index (χ2n) is 8.78. The summed E-state index contributed by atoms with van der Waals surface area (Å²) >= 11 is 0. The van der Waals surface area contributed by atoms with Gasteiger partial charge in [-0.1, -0.05) is 50.2 Å². The first-order chi connectivity index (χ1) is 14.8. The molecule has 2 aliphatic rings. The molecule has 4 rings (SSSR count). The number of nitrogens with one attached hydrogen (secondary N) is 2. The van der Waals surface area contributed by atoms with Crippen molar-refractivity contribution in [2.45, 2.75) is 32.1 Å². The van der Waals surface area contributed by atoms with Gasteiger partial charge in [-0.3, -0.25) is 9.59 Å². The van der Waals surface area contributed by atoms with Crippen molar-refractivity contribution in [1.82, 2.24) is 0 Å². The van der Waals surface area contributed by atoms with Crippen LogP contribution in [0, 0.1) is 34.0 Å². The number of carbonyl (C=O) groups excluding carboxylic acids is 2. The number of ketones is 1. The van der Waals surface area contributed by atoms with Crippen LogP contribution in [0.1, 0.15) is 32.3 Å². The lowest BCUT2D eigenvalue weighted by molar-refractivity contribution is -0.125. The summed E-state index contributed by atoms with van der Waals surface area (Å²) in [5.41, 5.74) is 0.553. The summed E-state index contributed by atoms with van der Waals surface area (Å²) in [7, 11) is 0. The maximum atomic E-state index is 13.6. The number of hydrogen-bond acceptors (Lipinski definition) is 5. The van der Waals surface area contributed by atoms with Gasteiger partial charge in [-0.2, -0.15) is 10.5 Å². The van der Waals surface area contributed by atoms with Gasteiger partial charge in [0.2, 0.25) is 5.91 Å². The van der Waals surface area contributed by atoms with Crippen molar-refractivity contribution in [2.24, 2.45) is 11.3 Å². The molecule has 154 valence electrons. The number of amides is 1. The standard InChI is InChI=1S/C25H22N4O2/c1-24(2)12-20(28-17-8-4-3-5-9-17)22(21(30)13-24)25(16(14-26)15-27)18-10-6-7-11-19(18)29-23(25)31/h3-11,16,28H,12-13H2,1-2H3,(H,29,31). The van der Waals surface area contributed by atoms with E-state index in [0.29, 0.717) is 23.4 Å². The van der Waals surface area contributed by atoms with Crippen molar-refractivity contribution in [3.8, 4) is 12.1 Å². The molecule has 0 bridgehead atoms. The summed E-state index contributed by atoms with van der Waals surface area (Å²) in [6, 6.07) is 20.3. The number of allylic oxidation sites excluding steroid dienone is 1. The normalized spacial score (nSPS) is 21.8. The summed E-state index contributed by atoms with van der Waals surface area (Å²) in [5.74, 6) is -2.10. The minimum absolute atomic E-state index is 0.214. The van der Waals surface area contributed by atoms with Crippen LogP contribution in [0.2, 0.25) is 0 Å². The molecule has 1 unspecified atom stereocenters.